The second-order valence-electron chi connectivity index (χ2n) is 8.80. The lowest BCUT2D eigenvalue weighted by atomic mass is 10.0. The largest absolute Gasteiger partial charge is 0.468 e. The molecule has 0 aliphatic heterocycles. The number of anilines is 1. The van der Waals surface area contributed by atoms with Gasteiger partial charge in [0.05, 0.1) is 12.8 Å². The zero-order valence-electron chi connectivity index (χ0n) is 20.1. The third kappa shape index (κ3) is 5.83. The molecule has 4 heteroatoms. The van der Waals surface area contributed by atoms with Gasteiger partial charge in [0, 0.05) is 12.2 Å². The Morgan fingerprint density at radius 1 is 0.882 bits per heavy atom. The fourth-order valence-corrected chi connectivity index (χ4v) is 4.02. The molecule has 34 heavy (non-hydrogen) atoms. The quantitative estimate of drug-likeness (QED) is 0.324. The molecule has 1 N–H and O–H groups in total. The summed E-state index contributed by atoms with van der Waals surface area (Å²) in [5, 5.41) is 3.44. The van der Waals surface area contributed by atoms with E-state index >= 15 is 0 Å². The second kappa shape index (κ2) is 11.0. The molecule has 0 aliphatic rings. The van der Waals surface area contributed by atoms with E-state index in [0.717, 1.165) is 23.4 Å². The summed E-state index contributed by atoms with van der Waals surface area (Å²) in [6.07, 6.45) is 2.43. The van der Waals surface area contributed by atoms with Crippen LogP contribution in [0.2, 0.25) is 0 Å². The number of benzene rings is 3. The van der Waals surface area contributed by atoms with Gasteiger partial charge in [-0.1, -0.05) is 66.2 Å². The molecular weight excluding hydrogens is 420 g/mol. The fourth-order valence-electron chi connectivity index (χ4n) is 4.02. The third-order valence-corrected chi connectivity index (χ3v) is 6.25. The van der Waals surface area contributed by atoms with Gasteiger partial charge in [-0.15, -0.1) is 0 Å². The average molecular weight is 453 g/mol. The summed E-state index contributed by atoms with van der Waals surface area (Å²) in [5.41, 5.74) is 6.68. The molecule has 4 nitrogen and oxygen atoms in total. The first-order valence-electron chi connectivity index (χ1n) is 11.8. The van der Waals surface area contributed by atoms with Crippen molar-refractivity contribution in [2.45, 2.75) is 39.8 Å². The lowest BCUT2D eigenvalue weighted by Crippen LogP contribution is -2.42. The Labute approximate surface area is 202 Å². The summed E-state index contributed by atoms with van der Waals surface area (Å²) in [4.78, 5) is 16.0. The Balaban J connectivity index is 1.64. The molecule has 0 spiro atoms. The summed E-state index contributed by atoms with van der Waals surface area (Å²) in [6, 6.07) is 27.9. The van der Waals surface area contributed by atoms with Crippen molar-refractivity contribution in [3.05, 3.63) is 125 Å². The molecule has 3 aromatic carbocycles. The van der Waals surface area contributed by atoms with Gasteiger partial charge in [-0.2, -0.15) is 0 Å². The molecule has 0 saturated heterocycles. The van der Waals surface area contributed by atoms with Gasteiger partial charge < -0.3 is 9.32 Å². The van der Waals surface area contributed by atoms with Gasteiger partial charge in [0.15, 0.2) is 0 Å². The molecule has 0 bridgehead atoms. The fraction of sp³-hybridized carbons (Fsp3) is 0.233. The number of nitrogens with zero attached hydrogens (tertiary/aromatic N) is 1. The van der Waals surface area contributed by atoms with Gasteiger partial charge in [-0.25, -0.2) is 0 Å². The normalized spacial score (nSPS) is 11.9. The van der Waals surface area contributed by atoms with E-state index < -0.39 is 6.04 Å². The third-order valence-electron chi connectivity index (χ3n) is 6.25. The smallest absolute Gasteiger partial charge is 0.248 e. The molecule has 174 valence electrons. The number of carbonyl (C=O) groups excluding carboxylic acids is 1. The van der Waals surface area contributed by atoms with Crippen LogP contribution in [0.3, 0.4) is 0 Å². The first kappa shape index (κ1) is 23.5. The molecule has 0 fully saturated rings. The highest BCUT2D eigenvalue weighted by atomic mass is 16.3. The van der Waals surface area contributed by atoms with Crippen molar-refractivity contribution in [3.63, 3.8) is 0 Å². The minimum Gasteiger partial charge on any atom is -0.468 e. The van der Waals surface area contributed by atoms with Crippen molar-refractivity contribution < 1.29 is 9.21 Å². The molecule has 1 amide bonds. The highest BCUT2D eigenvalue weighted by Gasteiger charge is 2.27. The molecule has 4 aromatic rings. The summed E-state index contributed by atoms with van der Waals surface area (Å²) < 4.78 is 5.50. The number of rotatable bonds is 9. The van der Waals surface area contributed by atoms with E-state index in [4.69, 9.17) is 4.42 Å². The van der Waals surface area contributed by atoms with Gasteiger partial charge in [0.25, 0.3) is 0 Å². The van der Waals surface area contributed by atoms with Gasteiger partial charge in [0.2, 0.25) is 5.91 Å². The molecule has 0 aliphatic carbocycles. The van der Waals surface area contributed by atoms with Gasteiger partial charge in [-0.3, -0.25) is 10.1 Å². The van der Waals surface area contributed by atoms with Crippen LogP contribution in [-0.2, 0) is 17.8 Å². The Hall–Kier alpha value is -3.63. The number of aryl methyl sites for hydroxylation is 3. The number of amides is 1. The zero-order valence-corrected chi connectivity index (χ0v) is 20.1. The van der Waals surface area contributed by atoms with Gasteiger partial charge >= 0.3 is 0 Å². The lowest BCUT2D eigenvalue weighted by Gasteiger charge is -2.29. The van der Waals surface area contributed by atoms with Crippen LogP contribution in [0.5, 0.6) is 0 Å². The van der Waals surface area contributed by atoms with Crippen molar-refractivity contribution in [2.24, 2.45) is 0 Å². The predicted octanol–water partition coefficient (Wildman–Crippen LogP) is 6.31. The van der Waals surface area contributed by atoms with E-state index in [9.17, 15) is 4.79 Å². The first-order chi connectivity index (χ1) is 16.5. The monoisotopic (exact) mass is 452 g/mol. The molecule has 0 saturated carbocycles. The Morgan fingerprint density at radius 2 is 1.65 bits per heavy atom. The SMILES string of the molecule is Cc1ccc(CCN(C(=O)C(NCc2ccco2)c2ccccc2)c2ccc(C)c(C)c2)cc1. The Kier molecular flexibility index (Phi) is 7.61. The minimum absolute atomic E-state index is 0.0214. The maximum absolute atomic E-state index is 14.1. The molecule has 1 atom stereocenters. The highest BCUT2D eigenvalue weighted by Crippen LogP contribution is 2.25. The van der Waals surface area contributed by atoms with Crippen molar-refractivity contribution in [1.82, 2.24) is 5.32 Å². The van der Waals surface area contributed by atoms with Crippen LogP contribution >= 0.6 is 0 Å². The second-order valence-corrected chi connectivity index (χ2v) is 8.80. The van der Waals surface area contributed by atoms with Crippen LogP contribution in [-0.4, -0.2) is 12.5 Å². The van der Waals surface area contributed by atoms with Crippen LogP contribution in [0, 0.1) is 20.8 Å². The van der Waals surface area contributed by atoms with Crippen molar-refractivity contribution in [2.75, 3.05) is 11.4 Å². The molecule has 0 radical (unpaired) electrons. The Bertz CT molecular complexity index is 1200. The van der Waals surface area contributed by atoms with Crippen LogP contribution in [0.1, 0.15) is 39.6 Å². The summed E-state index contributed by atoms with van der Waals surface area (Å²) in [5.74, 6) is 0.819. The molecular formula is C30H32N2O2. The standard InChI is InChI=1S/C30H32N2O2/c1-22-11-14-25(15-12-22)17-18-32(27-16-13-23(2)24(3)20-27)30(33)29(26-8-5-4-6-9-26)31-21-28-10-7-19-34-28/h4-16,19-20,29,31H,17-18,21H2,1-3H3. The van der Waals surface area contributed by atoms with E-state index in [2.05, 4.69) is 62.5 Å². The molecule has 1 unspecified atom stereocenters. The zero-order chi connectivity index (χ0) is 23.9. The van der Waals surface area contributed by atoms with Crippen LogP contribution in [0.4, 0.5) is 5.69 Å². The van der Waals surface area contributed by atoms with Crippen LogP contribution < -0.4 is 10.2 Å². The number of furan rings is 1. The average Bonchev–Trinajstić information content (AvgIpc) is 3.37. The van der Waals surface area contributed by atoms with E-state index in [1.54, 1.807) is 6.26 Å². The maximum atomic E-state index is 14.1. The van der Waals surface area contributed by atoms with Crippen LogP contribution in [0.15, 0.2) is 95.6 Å². The maximum Gasteiger partial charge on any atom is 0.248 e. The van der Waals surface area contributed by atoms with Crippen molar-refractivity contribution in [3.8, 4) is 0 Å². The summed E-state index contributed by atoms with van der Waals surface area (Å²) in [6.45, 7) is 7.33. The molecule has 1 aromatic heterocycles. The van der Waals surface area contributed by atoms with Gasteiger partial charge in [0.1, 0.15) is 11.8 Å². The number of hydrogen-bond donors (Lipinski definition) is 1. The van der Waals surface area contributed by atoms with E-state index in [1.165, 1.54) is 22.3 Å². The number of nitrogens with one attached hydrogen (secondary N) is 1. The van der Waals surface area contributed by atoms with Crippen molar-refractivity contribution >= 4 is 11.6 Å². The predicted molar refractivity (Wildman–Crippen MR) is 138 cm³/mol. The highest BCUT2D eigenvalue weighted by molar-refractivity contribution is 5.98. The Morgan fingerprint density at radius 3 is 2.32 bits per heavy atom. The number of hydrogen-bond acceptors (Lipinski definition) is 3. The topological polar surface area (TPSA) is 45.5 Å². The minimum atomic E-state index is -0.495. The van der Waals surface area contributed by atoms with E-state index in [-0.39, 0.29) is 5.91 Å². The van der Waals surface area contributed by atoms with Gasteiger partial charge in [-0.05, 0) is 73.7 Å². The first-order valence-corrected chi connectivity index (χ1v) is 11.8. The molecule has 1 heterocycles. The lowest BCUT2D eigenvalue weighted by molar-refractivity contribution is -0.120. The van der Waals surface area contributed by atoms with Crippen molar-refractivity contribution in [1.29, 1.82) is 0 Å². The number of carbonyl (C=O) groups is 1. The summed E-state index contributed by atoms with van der Waals surface area (Å²) >= 11 is 0. The molecule has 4 rings (SSSR count). The van der Waals surface area contributed by atoms with E-state index in [1.807, 2.05) is 53.4 Å². The van der Waals surface area contributed by atoms with E-state index in [0.29, 0.717) is 13.1 Å². The van der Waals surface area contributed by atoms with Crippen LogP contribution in [0.25, 0.3) is 0 Å². The summed E-state index contributed by atoms with van der Waals surface area (Å²) in [7, 11) is 0.